The summed E-state index contributed by atoms with van der Waals surface area (Å²) >= 11 is 0. The highest BCUT2D eigenvalue weighted by molar-refractivity contribution is 5.42. The van der Waals surface area contributed by atoms with Crippen LogP contribution < -0.4 is 0 Å². The Bertz CT molecular complexity index is 356. The van der Waals surface area contributed by atoms with Gasteiger partial charge in [0, 0.05) is 0 Å². The second-order valence-corrected chi connectivity index (χ2v) is 3.66. The third-order valence-electron chi connectivity index (χ3n) is 2.68. The average molecular weight is 171 g/mol. The number of hydrogen-bond donors (Lipinski definition) is 0. The third-order valence-corrected chi connectivity index (χ3v) is 2.68. The molecule has 0 bridgehead atoms. The molecule has 13 heavy (non-hydrogen) atoms. The van der Waals surface area contributed by atoms with Crippen molar-refractivity contribution in [2.45, 2.75) is 32.1 Å². The lowest BCUT2D eigenvalue weighted by Crippen LogP contribution is -1.89. The molecule has 1 aliphatic carbocycles. The normalized spacial score (nSPS) is 15.4. The van der Waals surface area contributed by atoms with Crippen molar-refractivity contribution in [3.05, 3.63) is 34.9 Å². The summed E-state index contributed by atoms with van der Waals surface area (Å²) in [6.45, 7) is 2.09. The minimum atomic E-state index is 0.748. The minimum Gasteiger partial charge on any atom is -0.192 e. The average Bonchev–Trinajstić information content (AvgIpc) is 3.00. The van der Waals surface area contributed by atoms with Gasteiger partial charge in [0.2, 0.25) is 0 Å². The number of rotatable bonds is 2. The molecule has 0 spiro atoms. The second-order valence-electron chi connectivity index (χ2n) is 3.66. The van der Waals surface area contributed by atoms with Gasteiger partial charge in [0.15, 0.2) is 0 Å². The molecular weight excluding hydrogens is 158 g/mol. The first-order valence-corrected chi connectivity index (χ1v) is 4.88. The van der Waals surface area contributed by atoms with Crippen molar-refractivity contribution < 1.29 is 0 Å². The SMILES string of the molecule is CCc1ccc(C2CC2)cc1C#N. The highest BCUT2D eigenvalue weighted by atomic mass is 14.3. The monoisotopic (exact) mass is 171 g/mol. The molecular formula is C12H13N. The lowest BCUT2D eigenvalue weighted by Gasteiger charge is -2.03. The molecule has 1 aliphatic rings. The van der Waals surface area contributed by atoms with Gasteiger partial charge in [-0.25, -0.2) is 0 Å². The van der Waals surface area contributed by atoms with Crippen LogP contribution in [0.15, 0.2) is 18.2 Å². The van der Waals surface area contributed by atoms with Crippen LogP contribution in [0, 0.1) is 11.3 Å². The van der Waals surface area contributed by atoms with E-state index in [4.69, 9.17) is 5.26 Å². The van der Waals surface area contributed by atoms with Crippen LogP contribution in [-0.2, 0) is 6.42 Å². The maximum Gasteiger partial charge on any atom is 0.0994 e. The van der Waals surface area contributed by atoms with Crippen molar-refractivity contribution in [1.29, 1.82) is 5.26 Å². The maximum atomic E-state index is 8.93. The summed E-state index contributed by atoms with van der Waals surface area (Å²) in [6, 6.07) is 8.62. The van der Waals surface area contributed by atoms with Gasteiger partial charge in [-0.2, -0.15) is 5.26 Å². The molecule has 0 aromatic heterocycles. The van der Waals surface area contributed by atoms with Crippen LogP contribution >= 0.6 is 0 Å². The minimum absolute atomic E-state index is 0.748. The molecule has 1 nitrogen and oxygen atoms in total. The predicted octanol–water partition coefficient (Wildman–Crippen LogP) is 3.00. The largest absolute Gasteiger partial charge is 0.192 e. The molecule has 0 amide bonds. The molecule has 0 heterocycles. The first kappa shape index (κ1) is 8.31. The Hall–Kier alpha value is -1.29. The van der Waals surface area contributed by atoms with E-state index in [0.29, 0.717) is 0 Å². The molecule has 1 saturated carbocycles. The van der Waals surface area contributed by atoms with E-state index in [1.807, 2.05) is 0 Å². The van der Waals surface area contributed by atoms with Crippen LogP contribution in [0.5, 0.6) is 0 Å². The van der Waals surface area contributed by atoms with Crippen molar-refractivity contribution in [3.8, 4) is 6.07 Å². The van der Waals surface area contributed by atoms with E-state index < -0.39 is 0 Å². The standard InChI is InChI=1S/C12H13N/c1-2-9-3-6-11(10-4-5-10)7-12(9)8-13/h3,6-7,10H,2,4-5H2,1H3. The van der Waals surface area contributed by atoms with E-state index in [0.717, 1.165) is 17.9 Å². The molecule has 0 N–H and O–H groups in total. The first-order valence-electron chi connectivity index (χ1n) is 4.88. The van der Waals surface area contributed by atoms with Crippen LogP contribution in [0.25, 0.3) is 0 Å². The summed E-state index contributed by atoms with van der Waals surface area (Å²) in [6.07, 6.45) is 3.56. The van der Waals surface area contributed by atoms with E-state index >= 15 is 0 Å². The van der Waals surface area contributed by atoms with Crippen LogP contribution in [0.3, 0.4) is 0 Å². The molecule has 0 atom stereocenters. The van der Waals surface area contributed by atoms with Crippen molar-refractivity contribution in [2.24, 2.45) is 0 Å². The third kappa shape index (κ3) is 1.58. The zero-order valence-corrected chi connectivity index (χ0v) is 7.88. The quantitative estimate of drug-likeness (QED) is 0.671. The molecule has 66 valence electrons. The van der Waals surface area contributed by atoms with E-state index in [-0.39, 0.29) is 0 Å². The van der Waals surface area contributed by atoms with Gasteiger partial charge in [0.1, 0.15) is 0 Å². The molecule has 2 rings (SSSR count). The molecule has 0 aliphatic heterocycles. The smallest absolute Gasteiger partial charge is 0.0994 e. The Morgan fingerprint density at radius 1 is 1.46 bits per heavy atom. The lowest BCUT2D eigenvalue weighted by atomic mass is 10.0. The summed E-state index contributed by atoms with van der Waals surface area (Å²) in [5, 5.41) is 8.93. The van der Waals surface area contributed by atoms with Crippen molar-refractivity contribution in [1.82, 2.24) is 0 Å². The van der Waals surface area contributed by atoms with Gasteiger partial charge in [-0.1, -0.05) is 19.1 Å². The van der Waals surface area contributed by atoms with Crippen LogP contribution in [0.1, 0.15) is 42.4 Å². The summed E-state index contributed by atoms with van der Waals surface area (Å²) in [4.78, 5) is 0. The van der Waals surface area contributed by atoms with Gasteiger partial charge in [-0.15, -0.1) is 0 Å². The Morgan fingerprint density at radius 3 is 2.77 bits per heavy atom. The number of benzene rings is 1. The highest BCUT2D eigenvalue weighted by Gasteiger charge is 2.23. The maximum absolute atomic E-state index is 8.93. The fraction of sp³-hybridized carbons (Fsp3) is 0.417. The van der Waals surface area contributed by atoms with E-state index in [1.54, 1.807) is 0 Å². The highest BCUT2D eigenvalue weighted by Crippen LogP contribution is 2.40. The van der Waals surface area contributed by atoms with Gasteiger partial charge in [0.05, 0.1) is 11.6 Å². The molecule has 0 saturated heterocycles. The Balaban J connectivity index is 2.38. The summed E-state index contributed by atoms with van der Waals surface area (Å²) in [5.74, 6) is 0.748. The second kappa shape index (κ2) is 3.22. The summed E-state index contributed by atoms with van der Waals surface area (Å²) in [7, 11) is 0. The van der Waals surface area contributed by atoms with Gasteiger partial charge < -0.3 is 0 Å². The lowest BCUT2D eigenvalue weighted by molar-refractivity contribution is 1.08. The van der Waals surface area contributed by atoms with E-state index in [9.17, 15) is 0 Å². The Kier molecular flexibility index (Phi) is 2.06. The molecule has 0 radical (unpaired) electrons. The predicted molar refractivity (Wildman–Crippen MR) is 52.5 cm³/mol. The number of nitrogens with zero attached hydrogens (tertiary/aromatic N) is 1. The fourth-order valence-electron chi connectivity index (χ4n) is 1.68. The van der Waals surface area contributed by atoms with Crippen molar-refractivity contribution >= 4 is 0 Å². The van der Waals surface area contributed by atoms with Gasteiger partial charge >= 0.3 is 0 Å². The Labute approximate surface area is 79.0 Å². The summed E-state index contributed by atoms with van der Waals surface area (Å²) in [5.41, 5.74) is 3.40. The first-order chi connectivity index (χ1) is 6.35. The summed E-state index contributed by atoms with van der Waals surface area (Å²) < 4.78 is 0. The van der Waals surface area contributed by atoms with Crippen molar-refractivity contribution in [3.63, 3.8) is 0 Å². The van der Waals surface area contributed by atoms with Gasteiger partial charge in [0.25, 0.3) is 0 Å². The van der Waals surface area contributed by atoms with E-state index in [2.05, 4.69) is 31.2 Å². The molecule has 1 fully saturated rings. The topological polar surface area (TPSA) is 23.8 Å². The molecule has 1 heteroatoms. The van der Waals surface area contributed by atoms with Crippen molar-refractivity contribution in [2.75, 3.05) is 0 Å². The zero-order chi connectivity index (χ0) is 9.26. The molecule has 1 aromatic carbocycles. The molecule has 1 aromatic rings. The fourth-order valence-corrected chi connectivity index (χ4v) is 1.68. The van der Waals surface area contributed by atoms with Crippen LogP contribution in [-0.4, -0.2) is 0 Å². The number of hydrogen-bond acceptors (Lipinski definition) is 1. The Morgan fingerprint density at radius 2 is 2.23 bits per heavy atom. The van der Waals surface area contributed by atoms with Crippen LogP contribution in [0.4, 0.5) is 0 Å². The van der Waals surface area contributed by atoms with Crippen LogP contribution in [0.2, 0.25) is 0 Å². The van der Waals surface area contributed by atoms with E-state index in [1.165, 1.54) is 24.0 Å². The number of aryl methyl sites for hydroxylation is 1. The van der Waals surface area contributed by atoms with Gasteiger partial charge in [-0.05, 0) is 42.4 Å². The zero-order valence-electron chi connectivity index (χ0n) is 7.88. The molecule has 0 unspecified atom stereocenters. The van der Waals surface area contributed by atoms with Gasteiger partial charge in [-0.3, -0.25) is 0 Å². The number of nitriles is 1.